The highest BCUT2D eigenvalue weighted by molar-refractivity contribution is 5.95. The zero-order valence-corrected chi connectivity index (χ0v) is 18.9. The second-order valence-electron chi connectivity index (χ2n) is 8.33. The molecule has 0 bridgehead atoms. The predicted molar refractivity (Wildman–Crippen MR) is 126 cm³/mol. The predicted octanol–water partition coefficient (Wildman–Crippen LogP) is 4.64. The summed E-state index contributed by atoms with van der Waals surface area (Å²) in [6, 6.07) is 19.9. The first-order valence-electron chi connectivity index (χ1n) is 11.0. The summed E-state index contributed by atoms with van der Waals surface area (Å²) in [7, 11) is 0. The minimum absolute atomic E-state index is 0.0733. The molecule has 2 aromatic heterocycles. The Morgan fingerprint density at radius 3 is 2.45 bits per heavy atom. The molecule has 1 amide bonds. The zero-order valence-electron chi connectivity index (χ0n) is 18.9. The number of fused-ring (bicyclic) bond motifs is 1. The summed E-state index contributed by atoms with van der Waals surface area (Å²) < 4.78 is 7.85. The minimum atomic E-state index is -0.180. The van der Waals surface area contributed by atoms with E-state index in [1.165, 1.54) is 0 Å². The van der Waals surface area contributed by atoms with Crippen LogP contribution < -0.4 is 10.1 Å². The minimum Gasteiger partial charge on any atom is -0.489 e. The van der Waals surface area contributed by atoms with Gasteiger partial charge in [-0.2, -0.15) is 9.78 Å². The van der Waals surface area contributed by atoms with E-state index in [9.17, 15) is 4.79 Å². The van der Waals surface area contributed by atoms with E-state index in [2.05, 4.69) is 15.3 Å². The number of carbonyl (C=O) groups excluding carboxylic acids is 1. The molecule has 4 aromatic rings. The van der Waals surface area contributed by atoms with Crippen LogP contribution in [0.4, 0.5) is 5.82 Å². The van der Waals surface area contributed by atoms with Crippen molar-refractivity contribution in [1.82, 2.24) is 19.7 Å². The number of nitrogens with one attached hydrogen (secondary N) is 1. The number of anilines is 1. The van der Waals surface area contributed by atoms with Gasteiger partial charge < -0.3 is 10.1 Å². The molecule has 0 saturated heterocycles. The van der Waals surface area contributed by atoms with Crippen LogP contribution in [0.25, 0.3) is 5.95 Å². The van der Waals surface area contributed by atoms with E-state index >= 15 is 0 Å². The Kier molecular flexibility index (Phi) is 5.38. The quantitative estimate of drug-likeness (QED) is 0.490. The summed E-state index contributed by atoms with van der Waals surface area (Å²) in [5, 5.41) is 7.72. The number of rotatable bonds is 5. The van der Waals surface area contributed by atoms with Gasteiger partial charge in [-0.05, 0) is 38.5 Å². The molecular weight excluding hydrogens is 414 g/mol. The van der Waals surface area contributed by atoms with Crippen molar-refractivity contribution >= 4 is 11.7 Å². The molecule has 33 heavy (non-hydrogen) atoms. The molecule has 0 unspecified atom stereocenters. The van der Waals surface area contributed by atoms with Crippen LogP contribution in [-0.4, -0.2) is 25.7 Å². The van der Waals surface area contributed by atoms with Crippen molar-refractivity contribution in [2.24, 2.45) is 0 Å². The van der Waals surface area contributed by atoms with E-state index in [0.29, 0.717) is 24.8 Å². The molecule has 0 saturated carbocycles. The lowest BCUT2D eigenvalue weighted by Gasteiger charge is -2.26. The van der Waals surface area contributed by atoms with Crippen LogP contribution in [-0.2, 0) is 11.4 Å². The number of benzene rings is 2. The number of hydrogen-bond donors (Lipinski definition) is 1. The van der Waals surface area contributed by atoms with Gasteiger partial charge in [0.2, 0.25) is 5.91 Å². The summed E-state index contributed by atoms with van der Waals surface area (Å²) in [6.45, 7) is 6.25. The number of aryl methyl sites for hydroxylation is 3. The van der Waals surface area contributed by atoms with Crippen molar-refractivity contribution in [3.8, 4) is 11.7 Å². The van der Waals surface area contributed by atoms with Crippen LogP contribution in [0.2, 0.25) is 0 Å². The summed E-state index contributed by atoms with van der Waals surface area (Å²) in [5.74, 6) is 1.58. The molecule has 0 radical (unpaired) electrons. The van der Waals surface area contributed by atoms with Crippen LogP contribution in [0, 0.1) is 20.8 Å². The van der Waals surface area contributed by atoms with Crippen molar-refractivity contribution in [1.29, 1.82) is 0 Å². The van der Waals surface area contributed by atoms with Gasteiger partial charge in [0, 0.05) is 34.9 Å². The standard InChI is InChI=1S/C26H25N5O2/c1-16-13-17(2)28-26(27-16)31-25-24(18(3)30-31)21(14-23(32)29-25)20-11-7-8-12-22(20)33-15-19-9-5-4-6-10-19/h4-13,21H,14-15H2,1-3H3,(H,29,32)/t21-/m0/s1. The van der Waals surface area contributed by atoms with Crippen LogP contribution in [0.1, 0.15) is 46.1 Å². The lowest BCUT2D eigenvalue weighted by molar-refractivity contribution is -0.116. The third-order valence-electron chi connectivity index (χ3n) is 5.79. The fraction of sp³-hybridized carbons (Fsp3) is 0.231. The molecule has 1 N–H and O–H groups in total. The molecule has 5 rings (SSSR count). The Balaban J connectivity index is 1.56. The molecule has 1 atom stereocenters. The second-order valence-corrected chi connectivity index (χ2v) is 8.33. The van der Waals surface area contributed by atoms with Crippen molar-refractivity contribution < 1.29 is 9.53 Å². The van der Waals surface area contributed by atoms with E-state index in [1.807, 2.05) is 81.4 Å². The van der Waals surface area contributed by atoms with Gasteiger partial charge in [0.05, 0.1) is 5.69 Å². The number of nitrogens with zero attached hydrogens (tertiary/aromatic N) is 4. The smallest absolute Gasteiger partial charge is 0.252 e. The van der Waals surface area contributed by atoms with Gasteiger partial charge in [-0.1, -0.05) is 48.5 Å². The van der Waals surface area contributed by atoms with Crippen molar-refractivity contribution in [2.75, 3.05) is 5.32 Å². The maximum Gasteiger partial charge on any atom is 0.252 e. The monoisotopic (exact) mass is 439 g/mol. The molecule has 166 valence electrons. The first-order chi connectivity index (χ1) is 16.0. The number of carbonyl (C=O) groups is 1. The highest BCUT2D eigenvalue weighted by Crippen LogP contribution is 2.43. The molecule has 0 aliphatic carbocycles. The molecule has 1 aliphatic heterocycles. The molecule has 0 fully saturated rings. The van der Waals surface area contributed by atoms with Crippen LogP contribution >= 0.6 is 0 Å². The fourth-order valence-corrected chi connectivity index (χ4v) is 4.39. The Labute approximate surface area is 192 Å². The van der Waals surface area contributed by atoms with Crippen LogP contribution in [0.3, 0.4) is 0 Å². The Morgan fingerprint density at radius 1 is 1.00 bits per heavy atom. The molecular formula is C26H25N5O2. The number of aromatic nitrogens is 4. The average Bonchev–Trinajstić information content (AvgIpc) is 3.13. The van der Waals surface area contributed by atoms with Crippen molar-refractivity contribution in [3.05, 3.63) is 94.4 Å². The number of ether oxygens (including phenoxy) is 1. The van der Waals surface area contributed by atoms with E-state index in [4.69, 9.17) is 9.84 Å². The molecule has 2 aromatic carbocycles. The van der Waals surface area contributed by atoms with Gasteiger partial charge >= 0.3 is 0 Å². The van der Waals surface area contributed by atoms with E-state index < -0.39 is 0 Å². The average molecular weight is 440 g/mol. The maximum atomic E-state index is 12.8. The van der Waals surface area contributed by atoms with Crippen LogP contribution in [0.5, 0.6) is 5.75 Å². The molecule has 7 nitrogen and oxygen atoms in total. The van der Waals surface area contributed by atoms with E-state index in [-0.39, 0.29) is 11.8 Å². The number of hydrogen-bond acceptors (Lipinski definition) is 5. The second kappa shape index (κ2) is 8.50. The van der Waals surface area contributed by atoms with Gasteiger partial charge in [0.15, 0.2) is 0 Å². The molecule has 3 heterocycles. The van der Waals surface area contributed by atoms with Crippen molar-refractivity contribution in [3.63, 3.8) is 0 Å². The van der Waals surface area contributed by atoms with Gasteiger partial charge in [-0.15, -0.1) is 0 Å². The summed E-state index contributed by atoms with van der Waals surface area (Å²) >= 11 is 0. The Bertz CT molecular complexity index is 1310. The number of para-hydroxylation sites is 1. The lowest BCUT2D eigenvalue weighted by atomic mass is 9.85. The maximum absolute atomic E-state index is 12.8. The largest absolute Gasteiger partial charge is 0.489 e. The summed E-state index contributed by atoms with van der Waals surface area (Å²) in [5.41, 5.74) is 5.54. The van der Waals surface area contributed by atoms with Gasteiger partial charge in [-0.3, -0.25) is 4.79 Å². The zero-order chi connectivity index (χ0) is 22.9. The Hall–Kier alpha value is -4.00. The first-order valence-corrected chi connectivity index (χ1v) is 11.0. The third kappa shape index (κ3) is 4.09. The molecule has 7 heteroatoms. The SMILES string of the molecule is Cc1cc(C)nc(-n2nc(C)c3c2NC(=O)C[C@H]3c2ccccc2OCc2ccccc2)n1. The summed E-state index contributed by atoms with van der Waals surface area (Å²) in [4.78, 5) is 21.9. The fourth-order valence-electron chi connectivity index (χ4n) is 4.39. The lowest BCUT2D eigenvalue weighted by Crippen LogP contribution is -2.25. The highest BCUT2D eigenvalue weighted by atomic mass is 16.5. The third-order valence-corrected chi connectivity index (χ3v) is 5.79. The highest BCUT2D eigenvalue weighted by Gasteiger charge is 2.34. The summed E-state index contributed by atoms with van der Waals surface area (Å²) in [6.07, 6.45) is 0.318. The molecule has 1 aliphatic rings. The van der Waals surface area contributed by atoms with Gasteiger partial charge in [0.25, 0.3) is 5.95 Å². The van der Waals surface area contributed by atoms with E-state index in [1.54, 1.807) is 4.68 Å². The number of amides is 1. The molecule has 0 spiro atoms. The van der Waals surface area contributed by atoms with E-state index in [0.717, 1.165) is 39.5 Å². The normalized spacial score (nSPS) is 15.1. The van der Waals surface area contributed by atoms with Gasteiger partial charge in [-0.25, -0.2) is 9.97 Å². The van der Waals surface area contributed by atoms with Crippen LogP contribution in [0.15, 0.2) is 60.7 Å². The van der Waals surface area contributed by atoms with Crippen molar-refractivity contribution in [2.45, 2.75) is 39.7 Å². The Morgan fingerprint density at radius 2 is 1.70 bits per heavy atom. The topological polar surface area (TPSA) is 81.9 Å². The first kappa shape index (κ1) is 20.9. The van der Waals surface area contributed by atoms with Gasteiger partial charge in [0.1, 0.15) is 18.2 Å².